The van der Waals surface area contributed by atoms with E-state index in [1.165, 1.54) is 6.20 Å². The number of halogens is 1. The molecule has 1 aliphatic heterocycles. The Balaban J connectivity index is 1.63. The van der Waals surface area contributed by atoms with Crippen molar-refractivity contribution in [3.63, 3.8) is 0 Å². The van der Waals surface area contributed by atoms with Gasteiger partial charge in [0.2, 0.25) is 5.43 Å². The van der Waals surface area contributed by atoms with Gasteiger partial charge in [0, 0.05) is 25.3 Å². The summed E-state index contributed by atoms with van der Waals surface area (Å²) in [4.78, 5) is 42.2. The number of carboxylic acid groups (broad SMARTS) is 1. The van der Waals surface area contributed by atoms with E-state index in [0.717, 1.165) is 18.9 Å². The second-order valence-electron chi connectivity index (χ2n) is 9.06. The van der Waals surface area contributed by atoms with Gasteiger partial charge >= 0.3 is 12.1 Å². The Labute approximate surface area is 177 Å². The Morgan fingerprint density at radius 1 is 1.29 bits per heavy atom. The van der Waals surface area contributed by atoms with Crippen molar-refractivity contribution in [1.82, 2.24) is 14.9 Å². The van der Waals surface area contributed by atoms with E-state index in [2.05, 4.69) is 10.3 Å². The van der Waals surface area contributed by atoms with E-state index in [9.17, 15) is 23.9 Å². The number of hydrogen-bond acceptors (Lipinski definition) is 6. The Hall–Kier alpha value is -3.17. The molecule has 2 N–H and O–H groups in total. The first-order valence-corrected chi connectivity index (χ1v) is 10.3. The Morgan fingerprint density at radius 2 is 2.00 bits per heavy atom. The number of carboxylic acids is 1. The number of nitrogens with one attached hydrogen (secondary N) is 1. The Morgan fingerprint density at radius 3 is 2.61 bits per heavy atom. The molecule has 4 rings (SSSR count). The van der Waals surface area contributed by atoms with Gasteiger partial charge in [-0.2, -0.15) is 0 Å². The zero-order valence-corrected chi connectivity index (χ0v) is 17.6. The fourth-order valence-electron chi connectivity index (χ4n) is 3.79. The molecule has 0 radical (unpaired) electrons. The number of amides is 1. The highest BCUT2D eigenvalue weighted by Gasteiger charge is 2.31. The quantitative estimate of drug-likeness (QED) is 0.763. The lowest BCUT2D eigenvalue weighted by Crippen LogP contribution is -2.40. The third-order valence-electron chi connectivity index (χ3n) is 5.32. The molecule has 3 heterocycles. The average Bonchev–Trinajstić information content (AvgIpc) is 3.39. The summed E-state index contributed by atoms with van der Waals surface area (Å²) in [5.74, 6) is -1.97. The molecule has 9 nitrogen and oxygen atoms in total. The van der Waals surface area contributed by atoms with Crippen LogP contribution in [-0.4, -0.2) is 51.5 Å². The van der Waals surface area contributed by atoms with Gasteiger partial charge in [0.05, 0.1) is 11.4 Å². The minimum absolute atomic E-state index is 0.0457. The van der Waals surface area contributed by atoms with E-state index in [-0.39, 0.29) is 28.9 Å². The number of rotatable bonds is 4. The van der Waals surface area contributed by atoms with Crippen molar-refractivity contribution in [3.8, 4) is 0 Å². The van der Waals surface area contributed by atoms with E-state index in [1.54, 1.807) is 30.2 Å². The number of carbonyl (C=O) groups is 2. The third-order valence-corrected chi connectivity index (χ3v) is 5.32. The molecule has 2 fully saturated rings. The van der Waals surface area contributed by atoms with Gasteiger partial charge in [-0.25, -0.2) is 19.0 Å². The highest BCUT2D eigenvalue weighted by Crippen LogP contribution is 2.37. The SMILES string of the molecule is CC(C)(C)OC(=O)N[C@@H]1CCN(c2nc3c(cc2F)c(=O)c(C(=O)O)cn3C2CC2)C1. The molecule has 2 aromatic rings. The number of carbonyl (C=O) groups excluding carboxylic acids is 1. The number of pyridine rings is 2. The van der Waals surface area contributed by atoms with E-state index in [0.29, 0.717) is 19.5 Å². The van der Waals surface area contributed by atoms with Crippen molar-refractivity contribution in [2.75, 3.05) is 18.0 Å². The van der Waals surface area contributed by atoms with Gasteiger partial charge in [-0.3, -0.25) is 4.79 Å². The summed E-state index contributed by atoms with van der Waals surface area (Å²) in [6.07, 6.45) is 3.05. The molecule has 0 unspecified atom stereocenters. The lowest BCUT2D eigenvalue weighted by molar-refractivity contribution is 0.0508. The van der Waals surface area contributed by atoms with Gasteiger partial charge in [0.15, 0.2) is 11.6 Å². The van der Waals surface area contributed by atoms with E-state index in [1.807, 2.05) is 0 Å². The fraction of sp³-hybridized carbons (Fsp3) is 0.524. The van der Waals surface area contributed by atoms with Crippen molar-refractivity contribution < 1.29 is 23.8 Å². The Bertz CT molecular complexity index is 1120. The van der Waals surface area contributed by atoms with Crippen LogP contribution in [0.4, 0.5) is 15.0 Å². The smallest absolute Gasteiger partial charge is 0.407 e. The van der Waals surface area contributed by atoms with Crippen molar-refractivity contribution in [3.05, 3.63) is 33.9 Å². The number of aromatic nitrogens is 2. The van der Waals surface area contributed by atoms with Crippen LogP contribution in [0.25, 0.3) is 11.0 Å². The predicted octanol–water partition coefficient (Wildman–Crippen LogP) is 2.67. The molecular weight excluding hydrogens is 407 g/mol. The van der Waals surface area contributed by atoms with Crippen LogP contribution in [0.15, 0.2) is 17.1 Å². The molecule has 10 heteroatoms. The molecule has 31 heavy (non-hydrogen) atoms. The highest BCUT2D eigenvalue weighted by molar-refractivity contribution is 5.92. The molecule has 1 atom stereocenters. The molecule has 1 aliphatic carbocycles. The van der Waals surface area contributed by atoms with E-state index in [4.69, 9.17) is 4.74 Å². The predicted molar refractivity (Wildman–Crippen MR) is 111 cm³/mol. The zero-order valence-electron chi connectivity index (χ0n) is 17.6. The number of nitrogens with zero attached hydrogens (tertiary/aromatic N) is 3. The molecule has 0 bridgehead atoms. The molecular formula is C21H25FN4O5. The lowest BCUT2D eigenvalue weighted by Gasteiger charge is -2.22. The maximum atomic E-state index is 14.9. The molecule has 2 aliphatic rings. The van der Waals surface area contributed by atoms with Crippen LogP contribution >= 0.6 is 0 Å². The molecule has 1 saturated carbocycles. The number of aromatic carboxylic acids is 1. The van der Waals surface area contributed by atoms with Crippen LogP contribution in [0, 0.1) is 5.82 Å². The number of ether oxygens (including phenoxy) is 1. The summed E-state index contributed by atoms with van der Waals surface area (Å²) in [7, 11) is 0. The van der Waals surface area contributed by atoms with E-state index >= 15 is 0 Å². The number of alkyl carbamates (subject to hydrolysis) is 1. The van der Waals surface area contributed by atoms with Crippen LogP contribution in [-0.2, 0) is 4.74 Å². The van der Waals surface area contributed by atoms with Crippen molar-refractivity contribution in [2.45, 2.75) is 57.7 Å². The van der Waals surface area contributed by atoms with Crippen molar-refractivity contribution >= 4 is 28.9 Å². The van der Waals surface area contributed by atoms with Crippen LogP contribution < -0.4 is 15.6 Å². The average molecular weight is 432 g/mol. The van der Waals surface area contributed by atoms with Crippen LogP contribution in [0.3, 0.4) is 0 Å². The van der Waals surface area contributed by atoms with Crippen molar-refractivity contribution in [1.29, 1.82) is 0 Å². The van der Waals surface area contributed by atoms with Crippen LogP contribution in [0.2, 0.25) is 0 Å². The second kappa shape index (κ2) is 7.51. The van der Waals surface area contributed by atoms with Gasteiger partial charge in [-0.05, 0) is 46.1 Å². The summed E-state index contributed by atoms with van der Waals surface area (Å²) in [5, 5.41) is 12.1. The van der Waals surface area contributed by atoms with Gasteiger partial charge in [0.1, 0.15) is 16.8 Å². The van der Waals surface area contributed by atoms with Crippen LogP contribution in [0.5, 0.6) is 0 Å². The summed E-state index contributed by atoms with van der Waals surface area (Å²) < 4.78 is 21.9. The summed E-state index contributed by atoms with van der Waals surface area (Å²) in [6, 6.07) is 0.888. The third kappa shape index (κ3) is 4.33. The number of hydrogen-bond donors (Lipinski definition) is 2. The van der Waals surface area contributed by atoms with Gasteiger partial charge < -0.3 is 24.6 Å². The van der Waals surface area contributed by atoms with Gasteiger partial charge in [-0.15, -0.1) is 0 Å². The van der Waals surface area contributed by atoms with Crippen LogP contribution in [0.1, 0.15) is 56.4 Å². The summed E-state index contributed by atoms with van der Waals surface area (Å²) in [6.45, 7) is 6.14. The summed E-state index contributed by atoms with van der Waals surface area (Å²) in [5.41, 5.74) is -1.48. The zero-order chi connectivity index (χ0) is 22.5. The number of fused-ring (bicyclic) bond motifs is 1. The Kier molecular flexibility index (Phi) is 5.10. The van der Waals surface area contributed by atoms with Gasteiger partial charge in [-0.1, -0.05) is 0 Å². The number of anilines is 1. The molecule has 1 saturated heterocycles. The molecule has 2 aromatic heterocycles. The molecule has 0 spiro atoms. The first kappa shape index (κ1) is 21.1. The molecule has 0 aromatic carbocycles. The minimum Gasteiger partial charge on any atom is -0.477 e. The minimum atomic E-state index is -1.35. The normalized spacial score (nSPS) is 19.0. The summed E-state index contributed by atoms with van der Waals surface area (Å²) >= 11 is 0. The van der Waals surface area contributed by atoms with E-state index < -0.39 is 34.5 Å². The molecule has 166 valence electrons. The first-order chi connectivity index (χ1) is 14.5. The van der Waals surface area contributed by atoms with Crippen molar-refractivity contribution in [2.24, 2.45) is 0 Å². The molecule has 1 amide bonds. The maximum Gasteiger partial charge on any atom is 0.407 e. The monoisotopic (exact) mass is 432 g/mol. The lowest BCUT2D eigenvalue weighted by atomic mass is 10.2. The fourth-order valence-corrected chi connectivity index (χ4v) is 3.79. The first-order valence-electron chi connectivity index (χ1n) is 10.3. The standard InChI is InChI=1S/C21H25FN4O5/c1-21(2,3)31-20(30)23-11-6-7-25(9-11)18-15(22)8-13-16(27)14(19(28)29)10-26(12-4-5-12)17(13)24-18/h8,10-12H,4-7,9H2,1-3H3,(H,23,30)(H,28,29)/t11-/m1/s1. The highest BCUT2D eigenvalue weighted by atomic mass is 19.1. The largest absolute Gasteiger partial charge is 0.477 e. The maximum absolute atomic E-state index is 14.9. The topological polar surface area (TPSA) is 114 Å². The van der Waals surface area contributed by atoms with Gasteiger partial charge in [0.25, 0.3) is 0 Å². The second-order valence-corrected chi connectivity index (χ2v) is 9.06.